The third-order valence-corrected chi connectivity index (χ3v) is 5.25. The number of piperidine rings is 1. The molecule has 2 saturated heterocycles. The third-order valence-electron chi connectivity index (χ3n) is 4.83. The summed E-state index contributed by atoms with van der Waals surface area (Å²) in [4.78, 5) is 2.79. The lowest BCUT2D eigenvalue weighted by molar-refractivity contribution is 0.123. The van der Waals surface area contributed by atoms with Crippen molar-refractivity contribution in [1.82, 2.24) is 4.90 Å². The zero-order valence-corrected chi connectivity index (χ0v) is 12.3. The van der Waals surface area contributed by atoms with Gasteiger partial charge in [0, 0.05) is 11.3 Å². The van der Waals surface area contributed by atoms with Gasteiger partial charge in [-0.1, -0.05) is 32.6 Å². The van der Waals surface area contributed by atoms with E-state index >= 15 is 0 Å². The Bertz CT molecular complexity index is 217. The molecule has 2 aliphatic rings. The first-order valence-electron chi connectivity index (χ1n) is 7.69. The largest absolute Gasteiger partial charge is 0.300 e. The predicted molar refractivity (Wildman–Crippen MR) is 78.9 cm³/mol. The molecule has 0 aromatic carbocycles. The molecule has 0 bridgehead atoms. The molecule has 0 aromatic heterocycles. The molecule has 3 atom stereocenters. The normalized spacial score (nSPS) is 34.9. The van der Waals surface area contributed by atoms with Crippen LogP contribution in [0.4, 0.5) is 0 Å². The van der Waals surface area contributed by atoms with Crippen molar-refractivity contribution in [1.29, 1.82) is 0 Å². The van der Waals surface area contributed by atoms with E-state index in [0.29, 0.717) is 5.25 Å². The van der Waals surface area contributed by atoms with E-state index in [2.05, 4.69) is 24.5 Å². The summed E-state index contributed by atoms with van der Waals surface area (Å²) in [5.74, 6) is 0.846. The quantitative estimate of drug-likeness (QED) is 0.690. The van der Waals surface area contributed by atoms with Gasteiger partial charge in [-0.05, 0) is 51.1 Å². The molecular weight excluding hydrogens is 226 g/mol. The van der Waals surface area contributed by atoms with Crippen LogP contribution in [0.15, 0.2) is 0 Å². The van der Waals surface area contributed by atoms with Crippen molar-refractivity contribution in [3.8, 4) is 0 Å². The Hall–Kier alpha value is 0.310. The van der Waals surface area contributed by atoms with Crippen molar-refractivity contribution < 1.29 is 0 Å². The molecule has 0 radical (unpaired) electrons. The van der Waals surface area contributed by atoms with Crippen LogP contribution in [0.25, 0.3) is 0 Å². The molecular formula is C15H29NS. The van der Waals surface area contributed by atoms with Crippen LogP contribution < -0.4 is 0 Å². The molecule has 2 rings (SSSR count). The van der Waals surface area contributed by atoms with Crippen molar-refractivity contribution in [3.05, 3.63) is 0 Å². The van der Waals surface area contributed by atoms with Gasteiger partial charge in [0.25, 0.3) is 0 Å². The van der Waals surface area contributed by atoms with Gasteiger partial charge < -0.3 is 4.90 Å². The summed E-state index contributed by atoms with van der Waals surface area (Å²) in [6.45, 7) is 4.98. The first kappa shape index (κ1) is 13.7. The molecule has 1 nitrogen and oxygen atoms in total. The van der Waals surface area contributed by atoms with Crippen LogP contribution in [0.5, 0.6) is 0 Å². The van der Waals surface area contributed by atoms with Gasteiger partial charge in [0.05, 0.1) is 0 Å². The van der Waals surface area contributed by atoms with Crippen molar-refractivity contribution >= 4 is 12.6 Å². The van der Waals surface area contributed by atoms with E-state index in [9.17, 15) is 0 Å². The topological polar surface area (TPSA) is 3.24 Å². The smallest absolute Gasteiger partial charge is 0.00952 e. The summed E-state index contributed by atoms with van der Waals surface area (Å²) in [5.41, 5.74) is 0. The van der Waals surface area contributed by atoms with E-state index in [1.807, 2.05) is 0 Å². The van der Waals surface area contributed by atoms with Gasteiger partial charge in [0.2, 0.25) is 0 Å². The summed E-state index contributed by atoms with van der Waals surface area (Å²) < 4.78 is 0. The molecule has 2 fully saturated rings. The third kappa shape index (κ3) is 4.17. The van der Waals surface area contributed by atoms with Gasteiger partial charge in [-0.3, -0.25) is 0 Å². The average Bonchev–Trinajstić information content (AvgIpc) is 2.34. The zero-order valence-electron chi connectivity index (χ0n) is 11.4. The van der Waals surface area contributed by atoms with Gasteiger partial charge in [-0.25, -0.2) is 0 Å². The first-order chi connectivity index (χ1) is 8.27. The Morgan fingerprint density at radius 3 is 2.35 bits per heavy atom. The summed E-state index contributed by atoms with van der Waals surface area (Å²) in [6, 6.07) is 0.915. The van der Waals surface area contributed by atoms with Gasteiger partial charge in [0.1, 0.15) is 0 Å². The van der Waals surface area contributed by atoms with Crippen LogP contribution in [-0.2, 0) is 0 Å². The maximum absolute atomic E-state index is 4.69. The monoisotopic (exact) mass is 255 g/mol. The summed E-state index contributed by atoms with van der Waals surface area (Å²) in [6.07, 6.45) is 12.9. The van der Waals surface area contributed by atoms with Gasteiger partial charge >= 0.3 is 0 Å². The van der Waals surface area contributed by atoms with Crippen LogP contribution >= 0.6 is 12.6 Å². The van der Waals surface area contributed by atoms with Gasteiger partial charge in [-0.2, -0.15) is 12.6 Å². The number of hydrogen-bond acceptors (Lipinski definition) is 2. The van der Waals surface area contributed by atoms with Gasteiger partial charge in [0.15, 0.2) is 0 Å². The minimum absolute atomic E-state index is 0.581. The fourth-order valence-electron chi connectivity index (χ4n) is 3.60. The summed E-state index contributed by atoms with van der Waals surface area (Å²) in [7, 11) is 0. The van der Waals surface area contributed by atoms with E-state index in [1.54, 1.807) is 0 Å². The van der Waals surface area contributed by atoms with Crippen LogP contribution in [0.2, 0.25) is 0 Å². The maximum Gasteiger partial charge on any atom is 0.00952 e. The van der Waals surface area contributed by atoms with Crippen molar-refractivity contribution in [2.24, 2.45) is 5.92 Å². The molecule has 100 valence electrons. The molecule has 2 aliphatic heterocycles. The number of fused-ring (bicyclic) bond motifs is 1. The number of thiol groups is 1. The minimum Gasteiger partial charge on any atom is -0.300 e. The zero-order chi connectivity index (χ0) is 12.1. The van der Waals surface area contributed by atoms with E-state index in [4.69, 9.17) is 0 Å². The van der Waals surface area contributed by atoms with Gasteiger partial charge in [-0.15, -0.1) is 0 Å². The van der Waals surface area contributed by atoms with E-state index < -0.39 is 0 Å². The molecule has 2 heteroatoms. The standard InChI is InChI=1S/C15H29NS/c1-13(17)14-7-3-2-4-8-15-9-5-6-11-16(15)12-10-14/h13-15,17H,2-12H2,1H3. The molecule has 0 aromatic rings. The van der Waals surface area contributed by atoms with Crippen molar-refractivity contribution in [2.45, 2.75) is 76.0 Å². The number of hydrogen-bond donors (Lipinski definition) is 1. The highest BCUT2D eigenvalue weighted by atomic mass is 32.1. The second-order valence-corrected chi connectivity index (χ2v) is 6.93. The lowest BCUT2D eigenvalue weighted by Gasteiger charge is -2.38. The highest BCUT2D eigenvalue weighted by Crippen LogP contribution is 2.28. The first-order valence-corrected chi connectivity index (χ1v) is 8.21. The molecule has 2 heterocycles. The Morgan fingerprint density at radius 2 is 1.59 bits per heavy atom. The fourth-order valence-corrected chi connectivity index (χ4v) is 3.90. The van der Waals surface area contributed by atoms with Crippen molar-refractivity contribution in [3.63, 3.8) is 0 Å². The molecule has 0 N–H and O–H groups in total. The Labute approximate surface area is 113 Å². The summed E-state index contributed by atoms with van der Waals surface area (Å²) >= 11 is 4.69. The fraction of sp³-hybridized carbons (Fsp3) is 1.00. The molecule has 3 unspecified atom stereocenters. The predicted octanol–water partition coefficient (Wildman–Crippen LogP) is 4.13. The van der Waals surface area contributed by atoms with Crippen LogP contribution in [0.3, 0.4) is 0 Å². The molecule has 0 aliphatic carbocycles. The Morgan fingerprint density at radius 1 is 0.882 bits per heavy atom. The maximum atomic E-state index is 4.69. The molecule has 17 heavy (non-hydrogen) atoms. The van der Waals surface area contributed by atoms with Crippen molar-refractivity contribution in [2.75, 3.05) is 13.1 Å². The minimum atomic E-state index is 0.581. The average molecular weight is 255 g/mol. The van der Waals surface area contributed by atoms with E-state index in [-0.39, 0.29) is 0 Å². The van der Waals surface area contributed by atoms with Crippen LogP contribution in [0, 0.1) is 5.92 Å². The molecule has 0 spiro atoms. The number of rotatable bonds is 1. The van der Waals surface area contributed by atoms with Crippen LogP contribution in [0.1, 0.15) is 64.7 Å². The lowest BCUT2D eigenvalue weighted by atomic mass is 9.90. The van der Waals surface area contributed by atoms with E-state index in [1.165, 1.54) is 70.9 Å². The van der Waals surface area contributed by atoms with Crippen LogP contribution in [-0.4, -0.2) is 29.3 Å². The summed E-state index contributed by atoms with van der Waals surface area (Å²) in [5, 5.41) is 0.581. The molecule has 0 amide bonds. The second-order valence-electron chi connectivity index (χ2n) is 6.11. The molecule has 0 saturated carbocycles. The Kier molecular flexibility index (Phi) is 5.68. The second kappa shape index (κ2) is 7.04. The lowest BCUT2D eigenvalue weighted by Crippen LogP contribution is -2.41. The highest BCUT2D eigenvalue weighted by Gasteiger charge is 2.24. The SMILES string of the molecule is CC(S)C1CCCCCC2CCCCN2CC1. The Balaban J connectivity index is 1.91. The number of nitrogens with zero attached hydrogens (tertiary/aromatic N) is 1. The van der Waals surface area contributed by atoms with E-state index in [0.717, 1.165) is 12.0 Å². The highest BCUT2D eigenvalue weighted by molar-refractivity contribution is 7.80.